The number of carbonyl (C=O) groups is 5. The Labute approximate surface area is 233 Å². The fraction of sp³-hybridized carbons (Fsp3) is 0.759. The summed E-state index contributed by atoms with van der Waals surface area (Å²) in [7, 11) is 0. The first kappa shape index (κ1) is 32.3. The molecule has 1 saturated heterocycles. The number of alkyl carbamates (subject to hydrolysis) is 1. The zero-order valence-electron chi connectivity index (χ0n) is 25.1. The van der Waals surface area contributed by atoms with Crippen LogP contribution in [0.15, 0.2) is 12.7 Å². The quantitative estimate of drug-likeness (QED) is 0.269. The molecule has 10 nitrogen and oxygen atoms in total. The van der Waals surface area contributed by atoms with Gasteiger partial charge >= 0.3 is 6.09 Å². The Morgan fingerprint density at radius 1 is 1.05 bits per heavy atom. The molecule has 1 heterocycles. The van der Waals surface area contributed by atoms with Crippen molar-refractivity contribution >= 4 is 29.6 Å². The molecule has 1 aliphatic heterocycles. The number of ether oxygens (including phenoxy) is 1. The SMILES string of the molecule is C=CCNC(=O)C(=O)C(CCC)NC(=O)[C@@H]1[C@@H]2[C@H](CN1C(=O)[C@H](CC(C)(C)C)NC(=O)OC(C)(C)C)C2(C)C. The number of hydrogen-bond acceptors (Lipinski definition) is 6. The molecule has 0 aromatic rings. The molecule has 2 aliphatic rings. The number of rotatable bonds is 11. The average molecular weight is 549 g/mol. The summed E-state index contributed by atoms with van der Waals surface area (Å²) < 4.78 is 5.41. The highest BCUT2D eigenvalue weighted by Crippen LogP contribution is 2.65. The number of fused-ring (bicyclic) bond motifs is 1. The molecule has 2 rings (SSSR count). The van der Waals surface area contributed by atoms with Gasteiger partial charge in [0.1, 0.15) is 17.7 Å². The Balaban J connectivity index is 2.30. The standard InChI is InChI=1S/C29H48N4O6/c1-11-13-18(22(34)24(36)30-14-12-2)31-23(35)21-20-17(29(20,9)10)16-33(21)25(37)19(15-27(3,4)5)32-26(38)39-28(6,7)8/h12,17-21H,2,11,13-16H2,1,3-10H3,(H,30,36)(H,31,35)(H,32,38)/t17-,18?,19-,20-,21-/m0/s1. The van der Waals surface area contributed by atoms with E-state index in [4.69, 9.17) is 4.74 Å². The molecule has 0 aromatic heterocycles. The van der Waals surface area contributed by atoms with Crippen LogP contribution in [0.1, 0.15) is 81.6 Å². The Hall–Kier alpha value is -2.91. The summed E-state index contributed by atoms with van der Waals surface area (Å²) in [6.07, 6.45) is 1.97. The van der Waals surface area contributed by atoms with Crippen LogP contribution in [-0.2, 0) is 23.9 Å². The van der Waals surface area contributed by atoms with E-state index in [9.17, 15) is 24.0 Å². The molecule has 4 amide bonds. The van der Waals surface area contributed by atoms with Crippen molar-refractivity contribution in [2.75, 3.05) is 13.1 Å². The van der Waals surface area contributed by atoms with Crippen molar-refractivity contribution in [3.05, 3.63) is 12.7 Å². The summed E-state index contributed by atoms with van der Waals surface area (Å²) >= 11 is 0. The van der Waals surface area contributed by atoms with Gasteiger partial charge in [-0.15, -0.1) is 6.58 Å². The zero-order valence-corrected chi connectivity index (χ0v) is 25.1. The third-order valence-electron chi connectivity index (χ3n) is 7.41. The zero-order chi connectivity index (χ0) is 29.9. The summed E-state index contributed by atoms with van der Waals surface area (Å²) in [6.45, 7) is 21.2. The number of nitrogens with zero attached hydrogens (tertiary/aromatic N) is 1. The second kappa shape index (κ2) is 12.1. The molecule has 3 N–H and O–H groups in total. The number of Topliss-reactive ketones (excluding diaryl/α,β-unsaturated/α-hetero) is 1. The maximum Gasteiger partial charge on any atom is 0.408 e. The molecular weight excluding hydrogens is 500 g/mol. The number of likely N-dealkylation sites (tertiary alicyclic amines) is 1. The molecular formula is C29H48N4O6. The van der Waals surface area contributed by atoms with Crippen molar-refractivity contribution in [3.63, 3.8) is 0 Å². The van der Waals surface area contributed by atoms with E-state index < -0.39 is 47.4 Å². The molecule has 0 aromatic carbocycles. The van der Waals surface area contributed by atoms with E-state index in [-0.39, 0.29) is 41.5 Å². The van der Waals surface area contributed by atoms with E-state index in [0.29, 0.717) is 19.4 Å². The number of carbonyl (C=O) groups excluding carboxylic acids is 5. The summed E-state index contributed by atoms with van der Waals surface area (Å²) in [5.41, 5.74) is -1.19. The molecule has 1 unspecified atom stereocenters. The van der Waals surface area contributed by atoms with Crippen molar-refractivity contribution < 1.29 is 28.7 Å². The Morgan fingerprint density at radius 3 is 2.18 bits per heavy atom. The van der Waals surface area contributed by atoms with Crippen LogP contribution in [0.4, 0.5) is 4.79 Å². The van der Waals surface area contributed by atoms with Crippen LogP contribution >= 0.6 is 0 Å². The minimum Gasteiger partial charge on any atom is -0.444 e. The van der Waals surface area contributed by atoms with Gasteiger partial charge in [0.2, 0.25) is 17.6 Å². The maximum atomic E-state index is 13.9. The minimum atomic E-state index is -1.00. The number of hydrogen-bond donors (Lipinski definition) is 3. The first-order valence-electron chi connectivity index (χ1n) is 13.9. The van der Waals surface area contributed by atoms with Crippen molar-refractivity contribution in [2.24, 2.45) is 22.7 Å². The predicted octanol–water partition coefficient (Wildman–Crippen LogP) is 2.96. The summed E-state index contributed by atoms with van der Waals surface area (Å²) in [4.78, 5) is 66.9. The molecule has 39 heavy (non-hydrogen) atoms. The molecule has 0 spiro atoms. The van der Waals surface area contributed by atoms with E-state index in [0.717, 1.165) is 0 Å². The van der Waals surface area contributed by atoms with E-state index in [1.54, 1.807) is 20.8 Å². The lowest BCUT2D eigenvalue weighted by Crippen LogP contribution is -2.58. The highest BCUT2D eigenvalue weighted by molar-refractivity contribution is 6.38. The number of nitrogens with one attached hydrogen (secondary N) is 3. The van der Waals surface area contributed by atoms with E-state index in [1.807, 2.05) is 27.7 Å². The molecule has 1 saturated carbocycles. The third kappa shape index (κ3) is 8.29. The molecule has 220 valence electrons. The first-order valence-corrected chi connectivity index (χ1v) is 13.9. The third-order valence-corrected chi connectivity index (χ3v) is 7.41. The number of piperidine rings is 1. The van der Waals surface area contributed by atoms with Crippen LogP contribution in [0.3, 0.4) is 0 Å². The van der Waals surface area contributed by atoms with Crippen LogP contribution in [-0.4, -0.2) is 71.3 Å². The van der Waals surface area contributed by atoms with Gasteiger partial charge < -0.3 is 25.6 Å². The normalized spacial score (nSPS) is 23.1. The summed E-state index contributed by atoms with van der Waals surface area (Å²) in [5.74, 6) is -2.32. The smallest absolute Gasteiger partial charge is 0.408 e. The lowest BCUT2D eigenvalue weighted by atomic mass is 9.87. The van der Waals surface area contributed by atoms with E-state index in [2.05, 4.69) is 36.4 Å². The second-order valence-corrected chi connectivity index (χ2v) is 13.6. The first-order chi connectivity index (χ1) is 17.8. The van der Waals surface area contributed by atoms with Gasteiger partial charge in [-0.05, 0) is 56.3 Å². The average Bonchev–Trinajstić information content (AvgIpc) is 3.13. The molecule has 10 heteroatoms. The van der Waals surface area contributed by atoms with Crippen LogP contribution in [0.25, 0.3) is 0 Å². The molecule has 0 radical (unpaired) electrons. The number of amides is 4. The van der Waals surface area contributed by atoms with Crippen LogP contribution in [0, 0.1) is 22.7 Å². The monoisotopic (exact) mass is 548 g/mol. The maximum absolute atomic E-state index is 13.9. The van der Waals surface area contributed by atoms with Gasteiger partial charge in [0.25, 0.3) is 5.91 Å². The fourth-order valence-electron chi connectivity index (χ4n) is 5.50. The van der Waals surface area contributed by atoms with Gasteiger partial charge in [-0.25, -0.2) is 4.79 Å². The molecule has 1 aliphatic carbocycles. The molecule has 5 atom stereocenters. The lowest BCUT2D eigenvalue weighted by molar-refractivity contribution is -0.144. The van der Waals surface area contributed by atoms with Gasteiger partial charge in [-0.3, -0.25) is 19.2 Å². The lowest BCUT2D eigenvalue weighted by Gasteiger charge is -2.35. The van der Waals surface area contributed by atoms with E-state index >= 15 is 0 Å². The predicted molar refractivity (Wildman–Crippen MR) is 149 cm³/mol. The summed E-state index contributed by atoms with van der Waals surface area (Å²) in [6, 6.07) is -2.72. The van der Waals surface area contributed by atoms with Crippen molar-refractivity contribution in [3.8, 4) is 0 Å². The van der Waals surface area contributed by atoms with Crippen LogP contribution in [0.5, 0.6) is 0 Å². The van der Waals surface area contributed by atoms with Gasteiger partial charge in [0.15, 0.2) is 0 Å². The topological polar surface area (TPSA) is 134 Å². The van der Waals surface area contributed by atoms with Crippen LogP contribution in [0.2, 0.25) is 0 Å². The Kier molecular flexibility index (Phi) is 10.0. The van der Waals surface area contributed by atoms with Gasteiger partial charge in [-0.1, -0.05) is 54.0 Å². The highest BCUT2D eigenvalue weighted by atomic mass is 16.6. The van der Waals surface area contributed by atoms with Crippen molar-refractivity contribution in [2.45, 2.75) is 105 Å². The van der Waals surface area contributed by atoms with Crippen molar-refractivity contribution in [1.29, 1.82) is 0 Å². The Morgan fingerprint density at radius 2 is 1.67 bits per heavy atom. The minimum absolute atomic E-state index is 0.0924. The Bertz CT molecular complexity index is 977. The number of ketones is 1. The van der Waals surface area contributed by atoms with Crippen LogP contribution < -0.4 is 16.0 Å². The molecule has 0 bridgehead atoms. The largest absolute Gasteiger partial charge is 0.444 e. The summed E-state index contributed by atoms with van der Waals surface area (Å²) in [5, 5.41) is 7.97. The van der Waals surface area contributed by atoms with Gasteiger partial charge in [0.05, 0.1) is 6.04 Å². The van der Waals surface area contributed by atoms with Gasteiger partial charge in [-0.2, -0.15) is 0 Å². The second-order valence-electron chi connectivity index (χ2n) is 13.6. The van der Waals surface area contributed by atoms with Crippen molar-refractivity contribution in [1.82, 2.24) is 20.9 Å². The molecule has 2 fully saturated rings. The fourth-order valence-corrected chi connectivity index (χ4v) is 5.50. The van der Waals surface area contributed by atoms with E-state index in [1.165, 1.54) is 11.0 Å². The van der Waals surface area contributed by atoms with Gasteiger partial charge in [0, 0.05) is 13.1 Å². The highest BCUT2D eigenvalue weighted by Gasteiger charge is 2.69.